The van der Waals surface area contributed by atoms with Crippen LogP contribution in [0.2, 0.25) is 0 Å². The van der Waals surface area contributed by atoms with Crippen molar-refractivity contribution in [3.63, 3.8) is 0 Å². The Labute approximate surface area is 140 Å². The van der Waals surface area contributed by atoms with Crippen molar-refractivity contribution in [2.24, 2.45) is 0 Å². The van der Waals surface area contributed by atoms with Gasteiger partial charge in [0.2, 0.25) is 0 Å². The van der Waals surface area contributed by atoms with Crippen molar-refractivity contribution in [3.8, 4) is 5.82 Å². The van der Waals surface area contributed by atoms with E-state index in [0.717, 1.165) is 16.8 Å². The molecule has 1 amide bonds. The van der Waals surface area contributed by atoms with E-state index in [0.29, 0.717) is 11.9 Å². The number of amides is 1. The van der Waals surface area contributed by atoms with E-state index in [9.17, 15) is 18.4 Å². The average Bonchev–Trinajstić information content (AvgIpc) is 3.11. The Kier molecular flexibility index (Phi) is 4.64. The van der Waals surface area contributed by atoms with Crippen LogP contribution in [-0.2, 0) is 6.54 Å². The van der Waals surface area contributed by atoms with E-state index in [-0.39, 0.29) is 24.2 Å². The third-order valence-electron chi connectivity index (χ3n) is 3.38. The zero-order valence-electron chi connectivity index (χ0n) is 12.9. The van der Waals surface area contributed by atoms with E-state index >= 15 is 0 Å². The maximum atomic E-state index is 13.5. The van der Waals surface area contributed by atoms with Crippen LogP contribution in [0.15, 0.2) is 53.6 Å². The molecule has 25 heavy (non-hydrogen) atoms. The molecule has 1 aromatic carbocycles. The predicted molar refractivity (Wildman–Crippen MR) is 84.3 cm³/mol. The standard InChI is InChI=1S/C16H13F2N5O2/c17-11-2-3-12(13(18)10-11)16(25)19-7-9-23-15(24)5-4-14(21-23)22-8-1-6-20-22/h1-6,8,10H,7,9H2,(H,19,25). The quantitative estimate of drug-likeness (QED) is 0.752. The number of nitrogens with zero attached hydrogens (tertiary/aromatic N) is 4. The molecule has 0 unspecified atom stereocenters. The number of hydrogen-bond donors (Lipinski definition) is 1. The van der Waals surface area contributed by atoms with Crippen molar-refractivity contribution in [3.05, 3.63) is 76.3 Å². The van der Waals surface area contributed by atoms with Gasteiger partial charge in [0.25, 0.3) is 11.5 Å². The van der Waals surface area contributed by atoms with Gasteiger partial charge in [-0.2, -0.15) is 5.10 Å². The Morgan fingerprint density at radius 2 is 2.04 bits per heavy atom. The number of rotatable bonds is 5. The van der Waals surface area contributed by atoms with Gasteiger partial charge in [0.1, 0.15) is 11.6 Å². The fraction of sp³-hybridized carbons (Fsp3) is 0.125. The molecule has 0 saturated heterocycles. The molecule has 2 heterocycles. The highest BCUT2D eigenvalue weighted by Crippen LogP contribution is 2.09. The van der Waals surface area contributed by atoms with Crippen LogP contribution < -0.4 is 10.9 Å². The second-order valence-corrected chi connectivity index (χ2v) is 5.08. The summed E-state index contributed by atoms with van der Waals surface area (Å²) in [6, 6.07) is 7.27. The summed E-state index contributed by atoms with van der Waals surface area (Å²) in [4.78, 5) is 23.7. The lowest BCUT2D eigenvalue weighted by Gasteiger charge is -2.09. The van der Waals surface area contributed by atoms with Crippen molar-refractivity contribution in [1.29, 1.82) is 0 Å². The van der Waals surface area contributed by atoms with Crippen LogP contribution in [0.3, 0.4) is 0 Å². The molecule has 0 saturated carbocycles. The second-order valence-electron chi connectivity index (χ2n) is 5.08. The van der Waals surface area contributed by atoms with Crippen LogP contribution >= 0.6 is 0 Å². The maximum absolute atomic E-state index is 13.5. The molecule has 0 spiro atoms. The Balaban J connectivity index is 1.67. The molecule has 0 aliphatic rings. The highest BCUT2D eigenvalue weighted by molar-refractivity contribution is 5.94. The van der Waals surface area contributed by atoms with Gasteiger partial charge in [-0.15, -0.1) is 5.10 Å². The Morgan fingerprint density at radius 1 is 1.20 bits per heavy atom. The smallest absolute Gasteiger partial charge is 0.266 e. The summed E-state index contributed by atoms with van der Waals surface area (Å²) in [5.74, 6) is -1.97. The van der Waals surface area contributed by atoms with Gasteiger partial charge in [0.15, 0.2) is 5.82 Å². The van der Waals surface area contributed by atoms with Gasteiger partial charge in [-0.1, -0.05) is 0 Å². The SMILES string of the molecule is O=C(NCCn1nc(-n2cccn2)ccc1=O)c1ccc(F)cc1F. The number of halogens is 2. The van der Waals surface area contributed by atoms with Crippen LogP contribution in [0, 0.1) is 11.6 Å². The van der Waals surface area contributed by atoms with E-state index in [1.165, 1.54) is 16.8 Å². The lowest BCUT2D eigenvalue weighted by molar-refractivity contribution is 0.0947. The number of nitrogens with one attached hydrogen (secondary N) is 1. The molecular formula is C16H13F2N5O2. The first-order chi connectivity index (χ1) is 12.0. The first kappa shape index (κ1) is 16.5. The molecule has 7 nitrogen and oxygen atoms in total. The minimum Gasteiger partial charge on any atom is -0.350 e. The molecule has 3 aromatic rings. The fourth-order valence-electron chi connectivity index (χ4n) is 2.17. The average molecular weight is 345 g/mol. The second kappa shape index (κ2) is 7.04. The number of carbonyl (C=O) groups excluding carboxylic acids is 1. The van der Waals surface area contributed by atoms with Crippen LogP contribution in [0.4, 0.5) is 8.78 Å². The predicted octanol–water partition coefficient (Wildman–Crippen LogP) is 1.14. The summed E-state index contributed by atoms with van der Waals surface area (Å²) in [5.41, 5.74) is -0.620. The zero-order valence-corrected chi connectivity index (χ0v) is 12.9. The van der Waals surface area contributed by atoms with Crippen LogP contribution in [-0.4, -0.2) is 32.0 Å². The monoisotopic (exact) mass is 345 g/mol. The normalized spacial score (nSPS) is 10.6. The van der Waals surface area contributed by atoms with Crippen molar-refractivity contribution >= 4 is 5.91 Å². The molecule has 1 N–H and O–H groups in total. The minimum atomic E-state index is -0.950. The highest BCUT2D eigenvalue weighted by atomic mass is 19.1. The molecule has 128 valence electrons. The van der Waals surface area contributed by atoms with Gasteiger partial charge in [0.05, 0.1) is 12.1 Å². The summed E-state index contributed by atoms with van der Waals surface area (Å²) >= 11 is 0. The lowest BCUT2D eigenvalue weighted by Crippen LogP contribution is -2.32. The molecule has 0 fully saturated rings. The number of carbonyl (C=O) groups is 1. The van der Waals surface area contributed by atoms with E-state index in [4.69, 9.17) is 0 Å². The van der Waals surface area contributed by atoms with Crippen LogP contribution in [0.25, 0.3) is 5.82 Å². The number of benzene rings is 1. The Bertz CT molecular complexity index is 953. The summed E-state index contributed by atoms with van der Waals surface area (Å²) in [6.45, 7) is 0.133. The maximum Gasteiger partial charge on any atom is 0.266 e. The molecular weight excluding hydrogens is 332 g/mol. The molecule has 9 heteroatoms. The van der Waals surface area contributed by atoms with E-state index in [1.807, 2.05) is 0 Å². The Morgan fingerprint density at radius 3 is 2.76 bits per heavy atom. The topological polar surface area (TPSA) is 81.8 Å². The minimum absolute atomic E-state index is 0.0467. The van der Waals surface area contributed by atoms with E-state index in [2.05, 4.69) is 15.5 Å². The number of aromatic nitrogens is 4. The Hall–Kier alpha value is -3.36. The molecule has 0 aliphatic heterocycles. The van der Waals surface area contributed by atoms with Gasteiger partial charge >= 0.3 is 0 Å². The summed E-state index contributed by atoms with van der Waals surface area (Å²) < 4.78 is 29.1. The molecule has 3 rings (SSSR count). The molecule has 0 aliphatic carbocycles. The van der Waals surface area contributed by atoms with Crippen molar-refractivity contribution in [2.75, 3.05) is 6.54 Å². The van der Waals surface area contributed by atoms with Gasteiger partial charge in [-0.3, -0.25) is 9.59 Å². The van der Waals surface area contributed by atoms with Crippen molar-refractivity contribution in [2.45, 2.75) is 6.54 Å². The zero-order chi connectivity index (χ0) is 17.8. The third-order valence-corrected chi connectivity index (χ3v) is 3.38. The van der Waals surface area contributed by atoms with Gasteiger partial charge in [-0.05, 0) is 24.3 Å². The van der Waals surface area contributed by atoms with Crippen molar-refractivity contribution < 1.29 is 13.6 Å². The first-order valence-corrected chi connectivity index (χ1v) is 7.36. The summed E-state index contributed by atoms with van der Waals surface area (Å²) in [6.07, 6.45) is 3.25. The van der Waals surface area contributed by atoms with Crippen LogP contribution in [0.1, 0.15) is 10.4 Å². The van der Waals surface area contributed by atoms with Gasteiger partial charge < -0.3 is 5.32 Å². The largest absolute Gasteiger partial charge is 0.350 e. The molecule has 0 atom stereocenters. The molecule has 0 radical (unpaired) electrons. The van der Waals surface area contributed by atoms with E-state index in [1.54, 1.807) is 18.5 Å². The summed E-state index contributed by atoms with van der Waals surface area (Å²) in [5, 5.41) is 10.6. The third kappa shape index (κ3) is 3.77. The first-order valence-electron chi connectivity index (χ1n) is 7.36. The lowest BCUT2D eigenvalue weighted by atomic mass is 10.2. The fourth-order valence-corrected chi connectivity index (χ4v) is 2.17. The van der Waals surface area contributed by atoms with Crippen LogP contribution in [0.5, 0.6) is 0 Å². The molecule has 0 bridgehead atoms. The highest BCUT2D eigenvalue weighted by Gasteiger charge is 2.12. The van der Waals surface area contributed by atoms with Crippen molar-refractivity contribution in [1.82, 2.24) is 24.9 Å². The van der Waals surface area contributed by atoms with Gasteiger partial charge in [-0.25, -0.2) is 18.1 Å². The molecule has 2 aromatic heterocycles. The van der Waals surface area contributed by atoms with E-state index < -0.39 is 17.5 Å². The number of hydrogen-bond acceptors (Lipinski definition) is 4. The summed E-state index contributed by atoms with van der Waals surface area (Å²) in [7, 11) is 0. The van der Waals surface area contributed by atoms with Gasteiger partial charge in [0, 0.05) is 31.1 Å².